The quantitative estimate of drug-likeness (QED) is 0.415. The molecule has 0 N–H and O–H groups in total. The first-order chi connectivity index (χ1) is 12.2. The molecule has 0 aromatic carbocycles. The van der Waals surface area contributed by atoms with Crippen LogP contribution in [0.25, 0.3) is 0 Å². The Balaban J connectivity index is 5.93. The van der Waals surface area contributed by atoms with E-state index in [0.717, 1.165) is 0 Å². The van der Waals surface area contributed by atoms with Gasteiger partial charge in [0.1, 0.15) is 0 Å². The van der Waals surface area contributed by atoms with Crippen molar-refractivity contribution in [1.29, 1.82) is 0 Å². The van der Waals surface area contributed by atoms with Gasteiger partial charge in [-0.2, -0.15) is 39.5 Å². The minimum Gasteiger partial charge on any atom is -0.455 e. The van der Waals surface area contributed by atoms with Crippen molar-refractivity contribution in [2.75, 3.05) is 0 Å². The number of carbonyl (C=O) groups is 3. The molecule has 0 aliphatic heterocycles. The molecule has 0 fully saturated rings. The first-order valence-corrected chi connectivity index (χ1v) is 8.93. The Labute approximate surface area is 152 Å². The zero-order chi connectivity index (χ0) is 22.8. The third-order valence-electron chi connectivity index (χ3n) is 2.85. The average Bonchev–Trinajstić information content (AvgIpc) is 2.41. The molecule has 0 atom stereocenters. The van der Waals surface area contributed by atoms with Gasteiger partial charge in [-0.25, -0.2) is 0 Å². The van der Waals surface area contributed by atoms with Crippen molar-refractivity contribution in [1.82, 2.24) is 0 Å². The molecule has 0 saturated heterocycles. The molecule has 16 heteroatoms. The summed E-state index contributed by atoms with van der Waals surface area (Å²) in [6.45, 7) is 1.83. The lowest BCUT2D eigenvalue weighted by molar-refractivity contribution is -0.396. The lowest BCUT2D eigenvalue weighted by atomic mass is 10.0. The maximum Gasteiger partial charge on any atom is 0.705 e. The second-order valence-corrected chi connectivity index (χ2v) is 7.79. The molecule has 0 radical (unpaired) electrons. The highest BCUT2D eigenvalue weighted by atomic mass is 28.4. The van der Waals surface area contributed by atoms with Crippen molar-refractivity contribution in [2.45, 2.75) is 57.2 Å². The fraction of sp³-hybridized carbons (Fsp3) is 0.750. The molecule has 0 bridgehead atoms. The van der Waals surface area contributed by atoms with Crippen LogP contribution < -0.4 is 0 Å². The van der Waals surface area contributed by atoms with E-state index in [1.165, 1.54) is 0 Å². The number of carbonyl (C=O) groups excluding carboxylic acids is 3. The molecule has 0 rings (SSSR count). The van der Waals surface area contributed by atoms with Crippen LogP contribution in [0.3, 0.4) is 0 Å². The molecule has 0 amide bonds. The van der Waals surface area contributed by atoms with Crippen molar-refractivity contribution in [3.05, 3.63) is 0 Å². The van der Waals surface area contributed by atoms with Gasteiger partial charge >= 0.3 is 32.7 Å². The molecular formula is C12H13F9O6Si. The molecule has 0 saturated carbocycles. The molecule has 0 heterocycles. The van der Waals surface area contributed by atoms with Crippen LogP contribution in [0.4, 0.5) is 39.5 Å². The monoisotopic (exact) mass is 452 g/mol. The average molecular weight is 452 g/mol. The SMILES string of the molecule is CC(=O)O[Si](CCC(F)(F)C(F)(F)C(F)(F)C(F)(F)F)(OC(C)=O)OC(C)=O. The predicted octanol–water partition coefficient (Wildman–Crippen LogP) is 3.47. The molecule has 0 aromatic heterocycles. The van der Waals surface area contributed by atoms with E-state index in [-0.39, 0.29) is 0 Å². The summed E-state index contributed by atoms with van der Waals surface area (Å²) in [4.78, 5) is 33.2. The smallest absolute Gasteiger partial charge is 0.455 e. The zero-order valence-electron chi connectivity index (χ0n) is 14.3. The maximum atomic E-state index is 13.6. The highest BCUT2D eigenvalue weighted by Gasteiger charge is 2.81. The Kier molecular flexibility index (Phi) is 7.58. The Morgan fingerprint density at radius 2 is 1.00 bits per heavy atom. The van der Waals surface area contributed by atoms with E-state index in [9.17, 15) is 53.9 Å². The lowest BCUT2D eigenvalue weighted by Crippen LogP contribution is -2.61. The largest absolute Gasteiger partial charge is 0.705 e. The van der Waals surface area contributed by atoms with Gasteiger partial charge < -0.3 is 13.3 Å². The molecule has 164 valence electrons. The van der Waals surface area contributed by atoms with E-state index >= 15 is 0 Å². The molecule has 28 heavy (non-hydrogen) atoms. The summed E-state index contributed by atoms with van der Waals surface area (Å²) in [5.41, 5.74) is 0. The van der Waals surface area contributed by atoms with Crippen LogP contribution in [-0.2, 0) is 27.7 Å². The lowest BCUT2D eigenvalue weighted by Gasteiger charge is -2.34. The van der Waals surface area contributed by atoms with Gasteiger partial charge in [-0.15, -0.1) is 0 Å². The predicted molar refractivity (Wildman–Crippen MR) is 71.4 cm³/mol. The molecule has 0 spiro atoms. The summed E-state index contributed by atoms with van der Waals surface area (Å²) < 4.78 is 129. The Hall–Kier alpha value is -2.00. The van der Waals surface area contributed by atoms with Crippen LogP contribution in [-0.4, -0.2) is 50.7 Å². The first kappa shape index (κ1) is 26.0. The summed E-state index contributed by atoms with van der Waals surface area (Å²) in [6, 6.07) is -1.75. The summed E-state index contributed by atoms with van der Waals surface area (Å²) in [5.74, 6) is -24.3. The fourth-order valence-corrected chi connectivity index (χ4v) is 4.11. The van der Waals surface area contributed by atoms with E-state index in [1.54, 1.807) is 0 Å². The van der Waals surface area contributed by atoms with E-state index in [0.29, 0.717) is 20.8 Å². The van der Waals surface area contributed by atoms with E-state index in [4.69, 9.17) is 0 Å². The molecule has 0 aliphatic rings. The van der Waals surface area contributed by atoms with Crippen LogP contribution in [0.5, 0.6) is 0 Å². The van der Waals surface area contributed by atoms with Gasteiger partial charge in [0.25, 0.3) is 17.9 Å². The van der Waals surface area contributed by atoms with Crippen molar-refractivity contribution >= 4 is 26.7 Å². The number of hydrogen-bond acceptors (Lipinski definition) is 6. The second kappa shape index (κ2) is 8.16. The van der Waals surface area contributed by atoms with Gasteiger partial charge in [-0.1, -0.05) is 0 Å². The number of hydrogen-bond donors (Lipinski definition) is 0. The second-order valence-electron chi connectivity index (χ2n) is 5.31. The molecular weight excluding hydrogens is 439 g/mol. The van der Waals surface area contributed by atoms with E-state index in [2.05, 4.69) is 13.3 Å². The highest BCUT2D eigenvalue weighted by molar-refractivity contribution is 6.65. The third kappa shape index (κ3) is 5.75. The van der Waals surface area contributed by atoms with Gasteiger partial charge in [-0.05, 0) is 0 Å². The van der Waals surface area contributed by atoms with E-state index < -0.39 is 63.1 Å². The van der Waals surface area contributed by atoms with Gasteiger partial charge in [0.2, 0.25) is 0 Å². The molecule has 6 nitrogen and oxygen atoms in total. The standard InChI is InChI=1S/C12H13F9O6Si/c1-6(22)25-28(26-7(2)23,27-8(3)24)5-4-9(13,14)10(15,16)11(17,18)12(19,20)21/h4-5H2,1-3H3. The molecule has 0 aliphatic carbocycles. The van der Waals surface area contributed by atoms with Gasteiger partial charge in [0.05, 0.1) is 6.04 Å². The van der Waals surface area contributed by atoms with Crippen molar-refractivity contribution < 1.29 is 67.2 Å². The van der Waals surface area contributed by atoms with Gasteiger partial charge in [-0.3, -0.25) is 14.4 Å². The number of rotatable bonds is 8. The summed E-state index contributed by atoms with van der Waals surface area (Å²) in [7, 11) is -5.17. The van der Waals surface area contributed by atoms with Crippen molar-refractivity contribution in [3.8, 4) is 0 Å². The topological polar surface area (TPSA) is 78.9 Å². The Morgan fingerprint density at radius 1 is 0.679 bits per heavy atom. The van der Waals surface area contributed by atoms with Gasteiger partial charge in [0.15, 0.2) is 0 Å². The third-order valence-corrected chi connectivity index (χ3v) is 5.51. The zero-order valence-corrected chi connectivity index (χ0v) is 15.3. The van der Waals surface area contributed by atoms with Crippen LogP contribution in [0.15, 0.2) is 0 Å². The van der Waals surface area contributed by atoms with Crippen LogP contribution in [0, 0.1) is 0 Å². The summed E-state index contributed by atoms with van der Waals surface area (Å²) in [5, 5.41) is 0. The highest BCUT2D eigenvalue weighted by Crippen LogP contribution is 2.54. The molecule has 0 aromatic rings. The van der Waals surface area contributed by atoms with Crippen molar-refractivity contribution in [3.63, 3.8) is 0 Å². The summed E-state index contributed by atoms with van der Waals surface area (Å²) >= 11 is 0. The minimum absolute atomic E-state index is 0.610. The minimum atomic E-state index is -7.13. The number of halogens is 9. The van der Waals surface area contributed by atoms with Gasteiger partial charge in [0, 0.05) is 27.2 Å². The Morgan fingerprint density at radius 3 is 1.25 bits per heavy atom. The first-order valence-electron chi connectivity index (χ1n) is 7.00. The normalized spacial score (nSPS) is 13.7. The Bertz CT molecular complexity index is 578. The fourth-order valence-electron chi connectivity index (χ4n) is 1.75. The number of alkyl halides is 9. The van der Waals surface area contributed by atoms with Crippen molar-refractivity contribution in [2.24, 2.45) is 0 Å². The van der Waals surface area contributed by atoms with Crippen LogP contribution in [0.1, 0.15) is 27.2 Å². The molecule has 0 unspecified atom stereocenters. The van der Waals surface area contributed by atoms with E-state index in [1.807, 2.05) is 0 Å². The van der Waals surface area contributed by atoms with Crippen LogP contribution in [0.2, 0.25) is 6.04 Å². The van der Waals surface area contributed by atoms with Crippen LogP contribution >= 0.6 is 0 Å². The summed E-state index contributed by atoms with van der Waals surface area (Å²) in [6.07, 6.45) is -9.53. The maximum absolute atomic E-state index is 13.6.